The van der Waals surface area contributed by atoms with Gasteiger partial charge in [-0.3, -0.25) is 4.68 Å². The Morgan fingerprint density at radius 2 is 1.89 bits per heavy atom. The van der Waals surface area contributed by atoms with Crippen LogP contribution in [0.25, 0.3) is 0 Å². The summed E-state index contributed by atoms with van der Waals surface area (Å²) in [7, 11) is -3.81. The van der Waals surface area contributed by atoms with E-state index in [0.29, 0.717) is 5.56 Å². The van der Waals surface area contributed by atoms with Gasteiger partial charge in [-0.25, -0.2) is 9.63 Å². The van der Waals surface area contributed by atoms with E-state index < -0.39 is 16.0 Å². The third kappa shape index (κ3) is 2.76. The topological polar surface area (TPSA) is 88.4 Å². The average molecular weight is 280 g/mol. The van der Waals surface area contributed by atoms with Gasteiger partial charge in [0.05, 0.1) is 10.5 Å². The number of carbonyl (C=O) groups is 1. The third-order valence-electron chi connectivity index (χ3n) is 2.58. The number of sulfonamides is 1. The number of benzene rings is 1. The molecule has 100 valence electrons. The van der Waals surface area contributed by atoms with Gasteiger partial charge in [0, 0.05) is 12.4 Å². The summed E-state index contributed by atoms with van der Waals surface area (Å²) in [4.78, 5) is 13.2. The summed E-state index contributed by atoms with van der Waals surface area (Å²) in [6.07, 6.45) is 3.06. The van der Waals surface area contributed by atoms with Crippen LogP contribution in [-0.4, -0.2) is 24.2 Å². The first-order chi connectivity index (χ1) is 8.90. The van der Waals surface area contributed by atoms with Crippen molar-refractivity contribution in [3.63, 3.8) is 0 Å². The maximum atomic E-state index is 12.1. The quantitative estimate of drug-likeness (QED) is 0.886. The molecule has 1 aromatic heterocycles. The van der Waals surface area contributed by atoms with Crippen molar-refractivity contribution in [2.45, 2.75) is 11.8 Å². The van der Waals surface area contributed by atoms with Crippen molar-refractivity contribution < 1.29 is 18.3 Å². The van der Waals surface area contributed by atoms with Crippen LogP contribution in [0.15, 0.2) is 47.6 Å². The zero-order chi connectivity index (χ0) is 14.0. The number of carboxylic acid groups (broad SMARTS) is 1. The van der Waals surface area contributed by atoms with Crippen LogP contribution < -0.4 is 4.83 Å². The van der Waals surface area contributed by atoms with Gasteiger partial charge in [0.15, 0.2) is 0 Å². The molecule has 0 unspecified atom stereocenters. The number of nitrogens with one attached hydrogen (secondary N) is 1. The molecule has 6 nitrogen and oxygen atoms in total. The number of aromatic nitrogens is 1. The Hall–Kier alpha value is -2.28. The van der Waals surface area contributed by atoms with E-state index in [-0.39, 0.29) is 10.5 Å². The fraction of sp³-hybridized carbons (Fsp3) is 0.0833. The fourth-order valence-electron chi connectivity index (χ4n) is 1.59. The van der Waals surface area contributed by atoms with Crippen molar-refractivity contribution in [1.29, 1.82) is 0 Å². The number of aromatic carboxylic acids is 1. The highest BCUT2D eigenvalue weighted by atomic mass is 32.2. The van der Waals surface area contributed by atoms with E-state index >= 15 is 0 Å². The zero-order valence-corrected chi connectivity index (χ0v) is 10.9. The highest BCUT2D eigenvalue weighted by Gasteiger charge is 2.17. The van der Waals surface area contributed by atoms with Crippen LogP contribution in [0.1, 0.15) is 15.9 Å². The van der Waals surface area contributed by atoms with E-state index in [2.05, 4.69) is 4.83 Å². The molecule has 0 bridgehead atoms. The lowest BCUT2D eigenvalue weighted by molar-refractivity contribution is 0.0696. The molecule has 0 atom stereocenters. The molecule has 0 fully saturated rings. The standard InChI is InChI=1S/C12H12N2O4S/c1-9-4-5-10(8-11(9)12(15)16)19(17,18)13-14-6-2-3-7-14/h2-8,13H,1H3,(H,15,16). The maximum absolute atomic E-state index is 12.1. The molecule has 0 aliphatic rings. The lowest BCUT2D eigenvalue weighted by Gasteiger charge is -2.10. The average Bonchev–Trinajstić information content (AvgIpc) is 2.80. The van der Waals surface area contributed by atoms with Crippen LogP contribution >= 0.6 is 0 Å². The maximum Gasteiger partial charge on any atom is 0.335 e. The molecule has 7 heteroatoms. The van der Waals surface area contributed by atoms with E-state index in [1.54, 1.807) is 19.1 Å². The van der Waals surface area contributed by atoms with E-state index in [9.17, 15) is 13.2 Å². The molecular formula is C12H12N2O4S. The molecule has 0 saturated carbocycles. The smallest absolute Gasteiger partial charge is 0.335 e. The van der Waals surface area contributed by atoms with Crippen LogP contribution in [0.4, 0.5) is 0 Å². The van der Waals surface area contributed by atoms with Crippen molar-refractivity contribution >= 4 is 16.0 Å². The van der Waals surface area contributed by atoms with Crippen LogP contribution in [0.5, 0.6) is 0 Å². The highest BCUT2D eigenvalue weighted by molar-refractivity contribution is 7.92. The summed E-state index contributed by atoms with van der Waals surface area (Å²) in [6.45, 7) is 1.61. The van der Waals surface area contributed by atoms with Gasteiger partial charge in [0.1, 0.15) is 0 Å². The van der Waals surface area contributed by atoms with Crippen molar-refractivity contribution in [3.8, 4) is 0 Å². The predicted octanol–water partition coefficient (Wildman–Crippen LogP) is 1.43. The summed E-state index contributed by atoms with van der Waals surface area (Å²) >= 11 is 0. The second-order valence-electron chi connectivity index (χ2n) is 3.97. The van der Waals surface area contributed by atoms with E-state index in [1.807, 2.05) is 0 Å². The van der Waals surface area contributed by atoms with Crippen molar-refractivity contribution in [2.75, 3.05) is 4.83 Å². The molecule has 2 N–H and O–H groups in total. The molecule has 0 amide bonds. The Labute approximate surface area is 110 Å². The van der Waals surface area contributed by atoms with Gasteiger partial charge < -0.3 is 5.11 Å². The molecule has 1 aromatic carbocycles. The number of carboxylic acids is 1. The van der Waals surface area contributed by atoms with E-state index in [0.717, 1.165) is 6.07 Å². The summed E-state index contributed by atoms with van der Waals surface area (Å²) < 4.78 is 25.4. The Kier molecular flexibility index (Phi) is 3.30. The van der Waals surface area contributed by atoms with Gasteiger partial charge in [0.2, 0.25) is 0 Å². The molecule has 2 rings (SSSR count). The van der Waals surface area contributed by atoms with Crippen LogP contribution in [0, 0.1) is 6.92 Å². The molecule has 0 aliphatic carbocycles. The van der Waals surface area contributed by atoms with Gasteiger partial charge in [-0.1, -0.05) is 6.07 Å². The predicted molar refractivity (Wildman–Crippen MR) is 69.1 cm³/mol. The monoisotopic (exact) mass is 280 g/mol. The zero-order valence-electron chi connectivity index (χ0n) is 10.1. The Bertz CT molecular complexity index is 705. The summed E-state index contributed by atoms with van der Waals surface area (Å²) in [5.41, 5.74) is 0.475. The van der Waals surface area contributed by atoms with Gasteiger partial charge >= 0.3 is 5.97 Å². The van der Waals surface area contributed by atoms with Gasteiger partial charge in [-0.15, -0.1) is 0 Å². The van der Waals surface area contributed by atoms with Crippen LogP contribution in [-0.2, 0) is 10.0 Å². The number of rotatable bonds is 4. The molecule has 2 aromatic rings. The van der Waals surface area contributed by atoms with Crippen molar-refractivity contribution in [3.05, 3.63) is 53.9 Å². The fourth-order valence-corrected chi connectivity index (χ4v) is 2.61. The van der Waals surface area contributed by atoms with Gasteiger partial charge in [-0.2, -0.15) is 8.42 Å². The lowest BCUT2D eigenvalue weighted by atomic mass is 10.1. The minimum absolute atomic E-state index is 0.0321. The van der Waals surface area contributed by atoms with Gasteiger partial charge in [0.25, 0.3) is 10.0 Å². The summed E-state index contributed by atoms with van der Waals surface area (Å²) in [5, 5.41) is 8.99. The van der Waals surface area contributed by atoms with E-state index in [4.69, 9.17) is 5.11 Å². The Balaban J connectivity index is 2.41. The van der Waals surface area contributed by atoms with Gasteiger partial charge in [-0.05, 0) is 36.8 Å². The second kappa shape index (κ2) is 4.77. The SMILES string of the molecule is Cc1ccc(S(=O)(=O)Nn2cccc2)cc1C(=O)O. The lowest BCUT2D eigenvalue weighted by Crippen LogP contribution is -2.22. The first-order valence-electron chi connectivity index (χ1n) is 5.40. The second-order valence-corrected chi connectivity index (χ2v) is 5.63. The first kappa shape index (κ1) is 13.2. The normalized spacial score (nSPS) is 11.2. The largest absolute Gasteiger partial charge is 0.478 e. The molecule has 0 spiro atoms. The van der Waals surface area contributed by atoms with Crippen molar-refractivity contribution in [2.24, 2.45) is 0 Å². The first-order valence-corrected chi connectivity index (χ1v) is 6.88. The minimum atomic E-state index is -3.81. The minimum Gasteiger partial charge on any atom is -0.478 e. The molecule has 0 radical (unpaired) electrons. The number of nitrogens with zero attached hydrogens (tertiary/aromatic N) is 1. The Morgan fingerprint density at radius 3 is 2.47 bits per heavy atom. The van der Waals surface area contributed by atoms with E-state index in [1.165, 1.54) is 29.2 Å². The number of hydrogen-bond donors (Lipinski definition) is 2. The molecule has 19 heavy (non-hydrogen) atoms. The van der Waals surface area contributed by atoms with Crippen LogP contribution in [0.3, 0.4) is 0 Å². The number of hydrogen-bond acceptors (Lipinski definition) is 3. The molecule has 1 heterocycles. The highest BCUT2D eigenvalue weighted by Crippen LogP contribution is 2.16. The van der Waals surface area contributed by atoms with Crippen molar-refractivity contribution in [1.82, 2.24) is 4.68 Å². The molecule has 0 saturated heterocycles. The summed E-state index contributed by atoms with van der Waals surface area (Å²) in [5.74, 6) is -1.16. The third-order valence-corrected chi connectivity index (χ3v) is 3.91. The molecule has 0 aliphatic heterocycles. The van der Waals surface area contributed by atoms with Crippen LogP contribution in [0.2, 0.25) is 0 Å². The summed E-state index contributed by atoms with van der Waals surface area (Å²) in [6, 6.07) is 7.31. The number of aryl methyl sites for hydroxylation is 1. The molecular weight excluding hydrogens is 268 g/mol. The Morgan fingerprint density at radius 1 is 1.26 bits per heavy atom.